The van der Waals surface area contributed by atoms with Gasteiger partial charge in [0.1, 0.15) is 11.9 Å². The van der Waals surface area contributed by atoms with E-state index in [1.807, 2.05) is 0 Å². The number of rotatable bonds is 0. The predicted octanol–water partition coefficient (Wildman–Crippen LogP) is 2.02. The van der Waals surface area contributed by atoms with Crippen molar-refractivity contribution >= 4 is 0 Å². The summed E-state index contributed by atoms with van der Waals surface area (Å²) in [7, 11) is 2.27. The van der Waals surface area contributed by atoms with E-state index in [4.69, 9.17) is 4.74 Å². The molecule has 3 heteroatoms. The third-order valence-corrected chi connectivity index (χ3v) is 6.78. The molecule has 0 amide bonds. The lowest BCUT2D eigenvalue weighted by Gasteiger charge is -2.58. The van der Waals surface area contributed by atoms with E-state index in [1.54, 1.807) is 0 Å². The van der Waals surface area contributed by atoms with Gasteiger partial charge in [-0.2, -0.15) is 0 Å². The maximum Gasteiger partial charge on any atom is 0.135 e. The highest BCUT2D eigenvalue weighted by Crippen LogP contribution is 2.62. The molecule has 5 atom stereocenters. The summed E-state index contributed by atoms with van der Waals surface area (Å²) >= 11 is 0. The van der Waals surface area contributed by atoms with Crippen LogP contribution in [0.5, 0.6) is 5.75 Å². The average Bonchev–Trinajstić information content (AvgIpc) is 2.83. The lowest BCUT2D eigenvalue weighted by atomic mass is 9.51. The van der Waals surface area contributed by atoms with Crippen molar-refractivity contribution in [2.75, 3.05) is 13.6 Å². The van der Waals surface area contributed by atoms with Crippen LogP contribution in [-0.4, -0.2) is 41.8 Å². The summed E-state index contributed by atoms with van der Waals surface area (Å²) in [6, 6.07) is 5.13. The summed E-state index contributed by atoms with van der Waals surface area (Å²) in [6.45, 7) is 3.27. The van der Waals surface area contributed by atoms with Gasteiger partial charge in [0.2, 0.25) is 0 Å². The van der Waals surface area contributed by atoms with Gasteiger partial charge in [0.25, 0.3) is 0 Å². The lowest BCUT2D eigenvalue weighted by molar-refractivity contribution is -0.0992. The monoisotopic (exact) mass is 285 g/mol. The molecule has 1 aromatic carbocycles. The van der Waals surface area contributed by atoms with Gasteiger partial charge in [-0.15, -0.1) is 0 Å². The Morgan fingerprint density at radius 1 is 1.33 bits per heavy atom. The number of aliphatic hydroxyl groups excluding tert-OH is 1. The van der Waals surface area contributed by atoms with Gasteiger partial charge in [-0.3, -0.25) is 0 Å². The van der Waals surface area contributed by atoms with Gasteiger partial charge in [-0.25, -0.2) is 0 Å². The first-order chi connectivity index (χ1) is 10.1. The second kappa shape index (κ2) is 3.82. The number of likely N-dealkylation sites (N-methyl/N-ethyl adjacent to an activating group) is 1. The molecule has 2 aliphatic heterocycles. The third-order valence-electron chi connectivity index (χ3n) is 6.78. The number of benzene rings is 1. The average molecular weight is 285 g/mol. The van der Waals surface area contributed by atoms with Crippen molar-refractivity contribution in [3.63, 3.8) is 0 Å². The highest BCUT2D eigenvalue weighted by molar-refractivity contribution is 5.58. The van der Waals surface area contributed by atoms with Crippen LogP contribution in [0.25, 0.3) is 0 Å². The predicted molar refractivity (Wildman–Crippen MR) is 80.7 cm³/mol. The van der Waals surface area contributed by atoms with Gasteiger partial charge in [0.15, 0.2) is 0 Å². The van der Waals surface area contributed by atoms with Crippen molar-refractivity contribution in [3.05, 3.63) is 28.8 Å². The van der Waals surface area contributed by atoms with Crippen molar-refractivity contribution in [1.29, 1.82) is 0 Å². The minimum absolute atomic E-state index is 0.0115. The maximum atomic E-state index is 10.6. The Bertz CT molecular complexity index is 628. The molecule has 1 saturated carbocycles. The first kappa shape index (κ1) is 12.5. The van der Waals surface area contributed by atoms with Crippen molar-refractivity contribution in [1.82, 2.24) is 4.90 Å². The summed E-state index contributed by atoms with van der Waals surface area (Å²) in [6.07, 6.45) is 4.01. The molecular weight excluding hydrogens is 262 g/mol. The molecule has 1 saturated heterocycles. The van der Waals surface area contributed by atoms with Crippen LogP contribution in [0.3, 0.4) is 0 Å². The number of hydrogen-bond acceptors (Lipinski definition) is 3. The molecule has 1 aromatic rings. The third kappa shape index (κ3) is 1.29. The van der Waals surface area contributed by atoms with Gasteiger partial charge < -0.3 is 14.7 Å². The fraction of sp³-hybridized carbons (Fsp3) is 0.667. The molecule has 4 aliphatic rings. The summed E-state index contributed by atoms with van der Waals surface area (Å²) in [4.78, 5) is 2.55. The topological polar surface area (TPSA) is 32.7 Å². The molecule has 0 aromatic heterocycles. The molecule has 3 nitrogen and oxygen atoms in total. The van der Waals surface area contributed by atoms with Crippen LogP contribution in [0.2, 0.25) is 0 Å². The van der Waals surface area contributed by atoms with Crippen LogP contribution in [0.15, 0.2) is 12.1 Å². The first-order valence-electron chi connectivity index (χ1n) is 8.31. The highest BCUT2D eigenvalue weighted by atomic mass is 16.5. The largest absolute Gasteiger partial charge is 0.486 e. The molecule has 112 valence electrons. The van der Waals surface area contributed by atoms with Gasteiger partial charge in [0.05, 0.1) is 6.10 Å². The Hall–Kier alpha value is -1.06. The zero-order valence-electron chi connectivity index (χ0n) is 12.8. The van der Waals surface area contributed by atoms with E-state index in [9.17, 15) is 5.11 Å². The van der Waals surface area contributed by atoms with Crippen molar-refractivity contribution in [2.24, 2.45) is 5.92 Å². The summed E-state index contributed by atoms with van der Waals surface area (Å²) in [5, 5.41) is 10.6. The summed E-state index contributed by atoms with van der Waals surface area (Å²) in [5.41, 5.74) is 4.27. The smallest absolute Gasteiger partial charge is 0.135 e. The second-order valence-electron chi connectivity index (χ2n) is 7.58. The quantitative estimate of drug-likeness (QED) is 0.791. The fourth-order valence-corrected chi connectivity index (χ4v) is 5.86. The number of hydrogen-bond donors (Lipinski definition) is 1. The molecule has 2 fully saturated rings. The van der Waals surface area contributed by atoms with Crippen LogP contribution in [-0.2, 0) is 11.8 Å². The lowest BCUT2D eigenvalue weighted by Crippen LogP contribution is -2.66. The Labute approximate surface area is 125 Å². The molecule has 2 heterocycles. The van der Waals surface area contributed by atoms with Gasteiger partial charge >= 0.3 is 0 Å². The number of piperidine rings is 1. The molecule has 2 bridgehead atoms. The Kier molecular flexibility index (Phi) is 2.27. The van der Waals surface area contributed by atoms with Gasteiger partial charge in [-0.05, 0) is 63.2 Å². The maximum absolute atomic E-state index is 10.6. The standard InChI is InChI=1S/C18H23NO2/c1-10-3-4-11-9-13-12-5-6-14(20)17-18(12,7-8-19(13)2)15(11)16(10)21-17/h3-4,12-14,17,20H,5-9H2,1-2H3/t12-,13+,14?,17?,18-/m1/s1. The van der Waals surface area contributed by atoms with E-state index in [0.717, 1.165) is 38.0 Å². The summed E-state index contributed by atoms with van der Waals surface area (Å²) < 4.78 is 6.39. The minimum Gasteiger partial charge on any atom is -0.486 e. The van der Waals surface area contributed by atoms with Crippen molar-refractivity contribution < 1.29 is 9.84 Å². The zero-order valence-corrected chi connectivity index (χ0v) is 12.8. The van der Waals surface area contributed by atoms with Crippen LogP contribution in [0.1, 0.15) is 36.0 Å². The summed E-state index contributed by atoms with van der Waals surface area (Å²) in [5.74, 6) is 1.76. The van der Waals surface area contributed by atoms with Crippen LogP contribution < -0.4 is 4.74 Å². The highest BCUT2D eigenvalue weighted by Gasteiger charge is 2.64. The molecule has 1 N–H and O–H groups in total. The molecule has 1 spiro atoms. The molecule has 2 unspecified atom stereocenters. The van der Waals surface area contributed by atoms with Gasteiger partial charge in [-0.1, -0.05) is 12.1 Å². The van der Waals surface area contributed by atoms with E-state index in [0.29, 0.717) is 12.0 Å². The van der Waals surface area contributed by atoms with Crippen LogP contribution in [0.4, 0.5) is 0 Å². The number of likely N-dealkylation sites (tertiary alicyclic amines) is 1. The number of aliphatic hydroxyl groups is 1. The Balaban J connectivity index is 1.81. The molecule has 0 radical (unpaired) electrons. The molecule has 5 rings (SSSR count). The van der Waals surface area contributed by atoms with Crippen molar-refractivity contribution in [2.45, 2.75) is 56.3 Å². The van der Waals surface area contributed by atoms with Crippen LogP contribution in [0, 0.1) is 12.8 Å². The Morgan fingerprint density at radius 3 is 3.05 bits per heavy atom. The van der Waals surface area contributed by atoms with Crippen LogP contribution >= 0.6 is 0 Å². The number of nitrogens with zero attached hydrogens (tertiary/aromatic N) is 1. The van der Waals surface area contributed by atoms with Gasteiger partial charge in [0, 0.05) is 17.0 Å². The SMILES string of the molecule is Cc1ccc2c3c1OC1C(O)CC[C@@H]4[C@H](C2)N(C)CC[C@@]314. The molecular formula is C18H23NO2. The van der Waals surface area contributed by atoms with Crippen molar-refractivity contribution in [3.8, 4) is 5.75 Å². The fourth-order valence-electron chi connectivity index (χ4n) is 5.86. The normalized spacial score (nSPS) is 43.4. The van der Waals surface area contributed by atoms with E-state index in [2.05, 4.69) is 31.0 Å². The molecule has 21 heavy (non-hydrogen) atoms. The Morgan fingerprint density at radius 2 is 2.19 bits per heavy atom. The van der Waals surface area contributed by atoms with E-state index >= 15 is 0 Å². The minimum atomic E-state index is -0.303. The van der Waals surface area contributed by atoms with E-state index < -0.39 is 0 Å². The first-order valence-corrected chi connectivity index (χ1v) is 8.31. The van der Waals surface area contributed by atoms with E-state index in [1.165, 1.54) is 16.7 Å². The number of ether oxygens (including phenoxy) is 1. The number of aryl methyl sites for hydroxylation is 1. The second-order valence-corrected chi connectivity index (χ2v) is 7.58. The van der Waals surface area contributed by atoms with E-state index in [-0.39, 0.29) is 17.6 Å². The molecule has 2 aliphatic carbocycles. The zero-order chi connectivity index (χ0) is 14.4.